The molecule has 0 saturated heterocycles. The van der Waals surface area contributed by atoms with Crippen LogP contribution in [-0.2, 0) is 0 Å². The molecule has 0 aromatic carbocycles. The van der Waals surface area contributed by atoms with Gasteiger partial charge in [-0.1, -0.05) is 11.8 Å². The second kappa shape index (κ2) is 3.59. The summed E-state index contributed by atoms with van der Waals surface area (Å²) in [5.41, 5.74) is 2.70. The number of rotatable bonds is 0. The molecular formula is C13H8N2O. The number of aromatic nitrogens is 2. The number of aromatic amines is 1. The van der Waals surface area contributed by atoms with Crippen molar-refractivity contribution in [3.8, 4) is 11.8 Å². The van der Waals surface area contributed by atoms with E-state index in [-0.39, 0.29) is 0 Å². The summed E-state index contributed by atoms with van der Waals surface area (Å²) in [5.74, 6) is 6.14. The van der Waals surface area contributed by atoms with E-state index in [2.05, 4.69) is 21.8 Å². The average Bonchev–Trinajstić information content (AvgIpc) is 2.97. The first-order chi connectivity index (χ1) is 7.93. The van der Waals surface area contributed by atoms with Gasteiger partial charge in [-0.2, -0.15) is 0 Å². The minimum Gasteiger partial charge on any atom is -0.471 e. The lowest BCUT2D eigenvalue weighted by molar-refractivity contribution is 0.566. The fourth-order valence-electron chi connectivity index (χ4n) is 1.54. The fourth-order valence-corrected chi connectivity index (χ4v) is 1.54. The molecule has 76 valence electrons. The molecule has 16 heavy (non-hydrogen) atoms. The molecule has 3 aromatic heterocycles. The van der Waals surface area contributed by atoms with E-state index in [0.717, 1.165) is 22.2 Å². The van der Waals surface area contributed by atoms with Gasteiger partial charge in [0.25, 0.3) is 0 Å². The van der Waals surface area contributed by atoms with Crippen molar-refractivity contribution >= 4 is 11.0 Å². The summed E-state index contributed by atoms with van der Waals surface area (Å²) in [6.07, 6.45) is 6.85. The highest BCUT2D eigenvalue weighted by Gasteiger charge is 1.98. The van der Waals surface area contributed by atoms with Crippen LogP contribution < -0.4 is 0 Å². The largest absolute Gasteiger partial charge is 0.471 e. The smallest absolute Gasteiger partial charge is 0.138 e. The maximum absolute atomic E-state index is 4.95. The van der Waals surface area contributed by atoms with Crippen LogP contribution in [0.5, 0.6) is 0 Å². The van der Waals surface area contributed by atoms with Crippen LogP contribution in [0.3, 0.4) is 0 Å². The molecule has 0 amide bonds. The van der Waals surface area contributed by atoms with Crippen molar-refractivity contribution in [2.45, 2.75) is 0 Å². The number of nitrogens with zero attached hydrogens (tertiary/aromatic N) is 1. The molecule has 3 rings (SSSR count). The van der Waals surface area contributed by atoms with Gasteiger partial charge in [-0.25, -0.2) is 4.98 Å². The molecule has 0 unspecified atom stereocenters. The van der Waals surface area contributed by atoms with Crippen molar-refractivity contribution in [1.82, 2.24) is 9.97 Å². The van der Waals surface area contributed by atoms with Crippen LogP contribution in [0.15, 0.2) is 47.5 Å². The van der Waals surface area contributed by atoms with Gasteiger partial charge in [0, 0.05) is 23.3 Å². The second-order valence-electron chi connectivity index (χ2n) is 3.36. The summed E-state index contributed by atoms with van der Waals surface area (Å²) in [6.45, 7) is 0. The number of hydrogen-bond donors (Lipinski definition) is 1. The molecule has 0 bridgehead atoms. The molecule has 0 saturated carbocycles. The Morgan fingerprint density at radius 1 is 1.19 bits per heavy atom. The molecule has 0 aliphatic heterocycles. The van der Waals surface area contributed by atoms with Gasteiger partial charge in [0.05, 0.1) is 11.8 Å². The highest BCUT2D eigenvalue weighted by molar-refractivity contribution is 5.82. The Morgan fingerprint density at radius 2 is 2.19 bits per heavy atom. The third-order valence-corrected chi connectivity index (χ3v) is 2.32. The van der Waals surface area contributed by atoms with E-state index in [1.54, 1.807) is 18.7 Å². The van der Waals surface area contributed by atoms with Crippen LogP contribution in [0.1, 0.15) is 11.1 Å². The Kier molecular flexibility index (Phi) is 1.98. The molecule has 3 heterocycles. The quantitative estimate of drug-likeness (QED) is 0.577. The summed E-state index contributed by atoms with van der Waals surface area (Å²) in [6, 6.07) is 5.72. The zero-order valence-corrected chi connectivity index (χ0v) is 8.40. The molecule has 0 radical (unpaired) electrons. The number of pyridine rings is 1. The van der Waals surface area contributed by atoms with Crippen molar-refractivity contribution in [1.29, 1.82) is 0 Å². The number of hydrogen-bond acceptors (Lipinski definition) is 2. The van der Waals surface area contributed by atoms with E-state index in [4.69, 9.17) is 4.42 Å². The highest BCUT2D eigenvalue weighted by atomic mass is 16.3. The number of H-pyrrole nitrogens is 1. The van der Waals surface area contributed by atoms with E-state index >= 15 is 0 Å². The highest BCUT2D eigenvalue weighted by Crippen LogP contribution is 2.13. The number of nitrogens with one attached hydrogen (secondary N) is 1. The SMILES string of the molecule is C(#Cc1ccnc2[nH]ccc12)c1ccoc1. The molecular weight excluding hydrogens is 200 g/mol. The molecule has 0 atom stereocenters. The second-order valence-corrected chi connectivity index (χ2v) is 3.36. The normalized spacial score (nSPS) is 10.0. The maximum atomic E-state index is 4.95. The van der Waals surface area contributed by atoms with E-state index in [1.165, 1.54) is 0 Å². The Bertz CT molecular complexity index is 669. The minimum absolute atomic E-state index is 0.860. The monoisotopic (exact) mass is 208 g/mol. The number of furan rings is 1. The van der Waals surface area contributed by atoms with Gasteiger partial charge < -0.3 is 9.40 Å². The molecule has 0 fully saturated rings. The molecule has 0 aliphatic rings. The molecule has 1 N–H and O–H groups in total. The lowest BCUT2D eigenvalue weighted by Crippen LogP contribution is -1.80. The van der Waals surface area contributed by atoms with Crippen LogP contribution in [0.4, 0.5) is 0 Å². The number of fused-ring (bicyclic) bond motifs is 1. The lowest BCUT2D eigenvalue weighted by atomic mass is 10.2. The standard InChI is InChI=1S/C13H8N2O/c1(10-5-8-16-9-10)2-11-3-6-14-13-12(11)4-7-15-13/h3-9H,(H,14,15). The van der Waals surface area contributed by atoms with Gasteiger partial charge in [0.15, 0.2) is 0 Å². The molecule has 3 aromatic rings. The zero-order valence-electron chi connectivity index (χ0n) is 8.40. The minimum atomic E-state index is 0.860. The predicted octanol–water partition coefficient (Wildman–Crippen LogP) is 2.56. The predicted molar refractivity (Wildman–Crippen MR) is 60.8 cm³/mol. The van der Waals surface area contributed by atoms with Crippen molar-refractivity contribution in [3.05, 3.63) is 54.2 Å². The van der Waals surface area contributed by atoms with Gasteiger partial charge in [0.2, 0.25) is 0 Å². The summed E-state index contributed by atoms with van der Waals surface area (Å²) in [5, 5.41) is 1.04. The maximum Gasteiger partial charge on any atom is 0.138 e. The summed E-state index contributed by atoms with van der Waals surface area (Å²) >= 11 is 0. The Morgan fingerprint density at radius 3 is 3.06 bits per heavy atom. The average molecular weight is 208 g/mol. The van der Waals surface area contributed by atoms with Gasteiger partial charge in [0.1, 0.15) is 11.9 Å². The molecule has 0 spiro atoms. The van der Waals surface area contributed by atoms with E-state index < -0.39 is 0 Å². The van der Waals surface area contributed by atoms with Crippen LogP contribution in [0, 0.1) is 11.8 Å². The van der Waals surface area contributed by atoms with Crippen molar-refractivity contribution < 1.29 is 4.42 Å². The van der Waals surface area contributed by atoms with E-state index in [0.29, 0.717) is 0 Å². The van der Waals surface area contributed by atoms with Crippen molar-refractivity contribution in [3.63, 3.8) is 0 Å². The first kappa shape index (κ1) is 8.81. The van der Waals surface area contributed by atoms with Crippen LogP contribution >= 0.6 is 0 Å². The Balaban J connectivity index is 2.10. The zero-order chi connectivity index (χ0) is 10.8. The van der Waals surface area contributed by atoms with E-state index in [9.17, 15) is 0 Å². The van der Waals surface area contributed by atoms with Gasteiger partial charge >= 0.3 is 0 Å². The third-order valence-electron chi connectivity index (χ3n) is 2.32. The Labute approximate surface area is 92.1 Å². The summed E-state index contributed by atoms with van der Waals surface area (Å²) in [4.78, 5) is 7.26. The first-order valence-electron chi connectivity index (χ1n) is 4.90. The van der Waals surface area contributed by atoms with Crippen LogP contribution in [0.25, 0.3) is 11.0 Å². The molecule has 3 heteroatoms. The van der Waals surface area contributed by atoms with Gasteiger partial charge in [-0.05, 0) is 18.2 Å². The van der Waals surface area contributed by atoms with Crippen LogP contribution in [0.2, 0.25) is 0 Å². The third kappa shape index (κ3) is 1.47. The summed E-state index contributed by atoms with van der Waals surface area (Å²) < 4.78 is 4.95. The van der Waals surface area contributed by atoms with Crippen LogP contribution in [-0.4, -0.2) is 9.97 Å². The molecule has 0 aliphatic carbocycles. The van der Waals surface area contributed by atoms with E-state index in [1.807, 2.05) is 24.4 Å². The van der Waals surface area contributed by atoms with Crippen molar-refractivity contribution in [2.24, 2.45) is 0 Å². The van der Waals surface area contributed by atoms with Gasteiger partial charge in [-0.15, -0.1) is 0 Å². The topological polar surface area (TPSA) is 41.8 Å². The van der Waals surface area contributed by atoms with Gasteiger partial charge in [-0.3, -0.25) is 0 Å². The summed E-state index contributed by atoms with van der Waals surface area (Å²) in [7, 11) is 0. The Hall–Kier alpha value is -2.47. The lowest BCUT2D eigenvalue weighted by Gasteiger charge is -1.91. The first-order valence-corrected chi connectivity index (χ1v) is 4.90. The molecule has 3 nitrogen and oxygen atoms in total. The van der Waals surface area contributed by atoms with Crippen molar-refractivity contribution in [2.75, 3.05) is 0 Å². The fraction of sp³-hybridized carbons (Fsp3) is 0.